The molecule has 1 aromatic rings. The first-order valence-electron chi connectivity index (χ1n) is 8.64. The summed E-state index contributed by atoms with van der Waals surface area (Å²) in [6, 6.07) is 10.4. The van der Waals surface area contributed by atoms with E-state index >= 15 is 0 Å². The van der Waals surface area contributed by atoms with Crippen molar-refractivity contribution < 1.29 is 14.3 Å². The average molecular weight is 333 g/mol. The van der Waals surface area contributed by atoms with Gasteiger partial charge in [-0.2, -0.15) is 0 Å². The number of nitrogens with one attached hydrogen (secondary N) is 2. The van der Waals surface area contributed by atoms with E-state index in [1.165, 1.54) is 5.56 Å². The van der Waals surface area contributed by atoms with E-state index in [1.54, 1.807) is 4.90 Å². The van der Waals surface area contributed by atoms with E-state index in [2.05, 4.69) is 22.8 Å². The molecule has 1 heterocycles. The van der Waals surface area contributed by atoms with Crippen LogP contribution >= 0.6 is 0 Å². The summed E-state index contributed by atoms with van der Waals surface area (Å²) >= 11 is 0. The summed E-state index contributed by atoms with van der Waals surface area (Å²) in [5.74, 6) is 0.0127. The van der Waals surface area contributed by atoms with Crippen LogP contribution in [0.5, 0.6) is 0 Å². The second-order valence-corrected chi connectivity index (χ2v) is 5.93. The molecule has 0 saturated carbocycles. The van der Waals surface area contributed by atoms with Gasteiger partial charge < -0.3 is 20.3 Å². The highest BCUT2D eigenvalue weighted by molar-refractivity contribution is 5.78. The predicted molar refractivity (Wildman–Crippen MR) is 92.8 cm³/mol. The normalized spacial score (nSPS) is 15.1. The molecule has 1 fully saturated rings. The number of benzene rings is 1. The summed E-state index contributed by atoms with van der Waals surface area (Å²) < 4.78 is 5.00. The Hall–Kier alpha value is -2.08. The fourth-order valence-electron chi connectivity index (χ4n) is 2.77. The molecule has 0 spiro atoms. The number of amides is 2. The molecule has 0 atom stereocenters. The number of ether oxygens (including phenoxy) is 1. The van der Waals surface area contributed by atoms with Crippen molar-refractivity contribution in [1.82, 2.24) is 15.5 Å². The van der Waals surface area contributed by atoms with Crippen molar-refractivity contribution in [2.24, 2.45) is 0 Å². The molecule has 0 unspecified atom stereocenters. The summed E-state index contributed by atoms with van der Waals surface area (Å²) in [4.78, 5) is 25.2. The van der Waals surface area contributed by atoms with Crippen LogP contribution in [0.4, 0.5) is 4.79 Å². The zero-order valence-corrected chi connectivity index (χ0v) is 14.3. The molecule has 132 valence electrons. The molecule has 0 aliphatic carbocycles. The molecular weight excluding hydrogens is 306 g/mol. The molecule has 1 saturated heterocycles. The number of hydrogen-bond donors (Lipinski definition) is 2. The largest absolute Gasteiger partial charge is 0.450 e. The third-order valence-corrected chi connectivity index (χ3v) is 4.15. The van der Waals surface area contributed by atoms with E-state index in [0.717, 1.165) is 19.3 Å². The van der Waals surface area contributed by atoms with Gasteiger partial charge in [-0.1, -0.05) is 30.3 Å². The van der Waals surface area contributed by atoms with Gasteiger partial charge in [0.25, 0.3) is 0 Å². The second-order valence-electron chi connectivity index (χ2n) is 5.93. The zero-order chi connectivity index (χ0) is 17.2. The highest BCUT2D eigenvalue weighted by atomic mass is 16.6. The van der Waals surface area contributed by atoms with E-state index < -0.39 is 0 Å². The van der Waals surface area contributed by atoms with Crippen molar-refractivity contribution in [3.05, 3.63) is 35.9 Å². The maximum Gasteiger partial charge on any atom is 0.409 e. The van der Waals surface area contributed by atoms with Gasteiger partial charge in [0.05, 0.1) is 13.2 Å². The van der Waals surface area contributed by atoms with Gasteiger partial charge >= 0.3 is 6.09 Å². The van der Waals surface area contributed by atoms with Gasteiger partial charge in [-0.15, -0.1) is 0 Å². The Bertz CT molecular complexity index is 514. The molecule has 2 N–H and O–H groups in total. The van der Waals surface area contributed by atoms with Crippen molar-refractivity contribution >= 4 is 12.0 Å². The Labute approximate surface area is 143 Å². The fraction of sp³-hybridized carbons (Fsp3) is 0.556. The molecular formula is C18H27N3O3. The van der Waals surface area contributed by atoms with Gasteiger partial charge in [0.1, 0.15) is 0 Å². The number of nitrogens with zero attached hydrogens (tertiary/aromatic N) is 1. The smallest absolute Gasteiger partial charge is 0.409 e. The quantitative estimate of drug-likeness (QED) is 0.794. The summed E-state index contributed by atoms with van der Waals surface area (Å²) in [5, 5.41) is 6.20. The molecule has 0 bridgehead atoms. The third kappa shape index (κ3) is 6.20. The van der Waals surface area contributed by atoms with Crippen LogP contribution in [0.3, 0.4) is 0 Å². The minimum atomic E-state index is -0.241. The van der Waals surface area contributed by atoms with Gasteiger partial charge in [0.2, 0.25) is 5.91 Å². The monoisotopic (exact) mass is 333 g/mol. The van der Waals surface area contributed by atoms with Crippen molar-refractivity contribution in [2.45, 2.75) is 32.2 Å². The van der Waals surface area contributed by atoms with Gasteiger partial charge in [0, 0.05) is 25.7 Å². The number of carbonyl (C=O) groups excluding carboxylic acids is 2. The third-order valence-electron chi connectivity index (χ3n) is 4.15. The highest BCUT2D eigenvalue weighted by Crippen LogP contribution is 2.11. The minimum absolute atomic E-state index is 0.0127. The maximum atomic E-state index is 11.9. The van der Waals surface area contributed by atoms with Crippen LogP contribution in [0.25, 0.3) is 0 Å². The molecule has 1 aliphatic heterocycles. The van der Waals surface area contributed by atoms with Crippen LogP contribution in [0, 0.1) is 0 Å². The lowest BCUT2D eigenvalue weighted by Gasteiger charge is -2.31. The van der Waals surface area contributed by atoms with Gasteiger partial charge in [-0.3, -0.25) is 4.79 Å². The van der Waals surface area contributed by atoms with E-state index in [-0.39, 0.29) is 18.0 Å². The van der Waals surface area contributed by atoms with Gasteiger partial charge in [0.15, 0.2) is 0 Å². The van der Waals surface area contributed by atoms with E-state index in [9.17, 15) is 9.59 Å². The Morgan fingerprint density at radius 3 is 2.58 bits per heavy atom. The number of carbonyl (C=O) groups is 2. The van der Waals surface area contributed by atoms with Crippen molar-refractivity contribution in [1.29, 1.82) is 0 Å². The molecule has 1 aliphatic rings. The SMILES string of the molecule is CCOC(=O)N1CCC(NCC(=O)NCCc2ccccc2)CC1. The Balaban J connectivity index is 1.57. The van der Waals surface area contributed by atoms with Crippen molar-refractivity contribution in [3.8, 4) is 0 Å². The first-order valence-corrected chi connectivity index (χ1v) is 8.64. The molecule has 2 rings (SSSR count). The maximum absolute atomic E-state index is 11.9. The van der Waals surface area contributed by atoms with Gasteiger partial charge in [-0.25, -0.2) is 4.79 Å². The van der Waals surface area contributed by atoms with E-state index in [1.807, 2.05) is 25.1 Å². The first-order chi connectivity index (χ1) is 11.7. The lowest BCUT2D eigenvalue weighted by atomic mass is 10.1. The summed E-state index contributed by atoms with van der Waals surface area (Å²) in [6.45, 7) is 4.52. The van der Waals surface area contributed by atoms with Crippen molar-refractivity contribution in [2.75, 3.05) is 32.8 Å². The fourth-order valence-corrected chi connectivity index (χ4v) is 2.77. The number of rotatable bonds is 7. The van der Waals surface area contributed by atoms with E-state index in [4.69, 9.17) is 4.74 Å². The van der Waals surface area contributed by atoms with Crippen LogP contribution in [-0.4, -0.2) is 55.7 Å². The molecule has 6 nitrogen and oxygen atoms in total. The molecule has 6 heteroatoms. The average Bonchev–Trinajstić information content (AvgIpc) is 2.61. The van der Waals surface area contributed by atoms with Gasteiger partial charge in [-0.05, 0) is 31.7 Å². The summed E-state index contributed by atoms with van der Waals surface area (Å²) in [5.41, 5.74) is 1.22. The Morgan fingerprint density at radius 1 is 1.21 bits per heavy atom. The summed E-state index contributed by atoms with van der Waals surface area (Å²) in [6.07, 6.45) is 2.28. The van der Waals surface area contributed by atoms with Crippen LogP contribution in [0.1, 0.15) is 25.3 Å². The van der Waals surface area contributed by atoms with Crippen LogP contribution in [0.2, 0.25) is 0 Å². The summed E-state index contributed by atoms with van der Waals surface area (Å²) in [7, 11) is 0. The number of hydrogen-bond acceptors (Lipinski definition) is 4. The predicted octanol–water partition coefficient (Wildman–Crippen LogP) is 1.56. The lowest BCUT2D eigenvalue weighted by Crippen LogP contribution is -2.47. The zero-order valence-electron chi connectivity index (χ0n) is 14.3. The Morgan fingerprint density at radius 2 is 1.92 bits per heavy atom. The second kappa shape index (κ2) is 9.93. The standard InChI is InChI=1S/C18H27N3O3/c1-2-24-18(23)21-12-9-16(10-13-21)20-14-17(22)19-11-8-15-6-4-3-5-7-15/h3-7,16,20H,2,8-14H2,1H3,(H,19,22). The van der Waals surface area contributed by atoms with Crippen LogP contribution < -0.4 is 10.6 Å². The highest BCUT2D eigenvalue weighted by Gasteiger charge is 2.23. The molecule has 2 amide bonds. The molecule has 24 heavy (non-hydrogen) atoms. The van der Waals surface area contributed by atoms with Crippen LogP contribution in [0.15, 0.2) is 30.3 Å². The molecule has 0 radical (unpaired) electrons. The number of likely N-dealkylation sites (tertiary alicyclic amines) is 1. The molecule has 1 aromatic carbocycles. The first kappa shape index (κ1) is 18.3. The van der Waals surface area contributed by atoms with Crippen molar-refractivity contribution in [3.63, 3.8) is 0 Å². The lowest BCUT2D eigenvalue weighted by molar-refractivity contribution is -0.120. The Kier molecular flexibility index (Phi) is 7.55. The van der Waals surface area contributed by atoms with E-state index in [0.29, 0.717) is 32.8 Å². The van der Waals surface area contributed by atoms with Crippen LogP contribution in [-0.2, 0) is 16.0 Å². The molecule has 0 aromatic heterocycles. The topological polar surface area (TPSA) is 70.7 Å². The minimum Gasteiger partial charge on any atom is -0.450 e. The number of piperidine rings is 1.